The summed E-state index contributed by atoms with van der Waals surface area (Å²) < 4.78 is 25.6. The molecule has 3 rings (SSSR count). The van der Waals surface area contributed by atoms with E-state index >= 15 is 0 Å². The Hall–Kier alpha value is -2.45. The van der Waals surface area contributed by atoms with E-state index in [4.69, 9.17) is 0 Å². The number of aryl methyl sites for hydroxylation is 1. The first-order valence-corrected chi connectivity index (χ1v) is 10.4. The molecule has 1 amide bonds. The standard InChI is InChI=1S/C17H17N3O3S2/c1-20-14-5-3-4-6-15(14)24-17(20)19-18-16(21)13-9-7-12(8-10-13)11-25(2,22)23/h3-10H,11H2,1-2H3,(H,18,21)/b19-17-. The maximum Gasteiger partial charge on any atom is 0.271 e. The minimum absolute atomic E-state index is 0.0447. The van der Waals surface area contributed by atoms with Crippen LogP contribution in [0.3, 0.4) is 0 Å². The van der Waals surface area contributed by atoms with E-state index in [1.54, 1.807) is 24.3 Å². The van der Waals surface area contributed by atoms with Crippen LogP contribution in [0.4, 0.5) is 0 Å². The van der Waals surface area contributed by atoms with Crippen molar-refractivity contribution in [2.45, 2.75) is 5.75 Å². The third-order valence-corrected chi connectivity index (χ3v) is 5.58. The summed E-state index contributed by atoms with van der Waals surface area (Å²) in [6.07, 6.45) is 1.18. The number of sulfone groups is 1. The SMILES string of the molecule is Cn1/c(=N/NC(=O)c2ccc(CS(C)(=O)=O)cc2)sc2ccccc21. The van der Waals surface area contributed by atoms with E-state index in [0.717, 1.165) is 10.2 Å². The number of benzene rings is 2. The molecule has 0 atom stereocenters. The van der Waals surface area contributed by atoms with E-state index in [1.807, 2.05) is 35.9 Å². The molecule has 6 nitrogen and oxygen atoms in total. The largest absolute Gasteiger partial charge is 0.318 e. The number of amides is 1. The smallest absolute Gasteiger partial charge is 0.271 e. The fourth-order valence-corrected chi connectivity index (χ4v) is 4.18. The number of thiazole rings is 1. The van der Waals surface area contributed by atoms with Crippen LogP contribution in [0.15, 0.2) is 53.6 Å². The van der Waals surface area contributed by atoms with Crippen molar-refractivity contribution in [2.75, 3.05) is 6.26 Å². The second-order valence-electron chi connectivity index (χ2n) is 5.73. The predicted molar refractivity (Wildman–Crippen MR) is 98.8 cm³/mol. The zero-order chi connectivity index (χ0) is 18.0. The molecule has 0 spiro atoms. The van der Waals surface area contributed by atoms with Crippen LogP contribution in [0.1, 0.15) is 15.9 Å². The summed E-state index contributed by atoms with van der Waals surface area (Å²) in [5.74, 6) is -0.389. The van der Waals surface area contributed by atoms with Crippen LogP contribution in [0.5, 0.6) is 0 Å². The number of aromatic nitrogens is 1. The van der Waals surface area contributed by atoms with Crippen LogP contribution >= 0.6 is 11.3 Å². The normalized spacial score (nSPS) is 12.5. The average Bonchev–Trinajstić information content (AvgIpc) is 2.88. The number of carbonyl (C=O) groups excluding carboxylic acids is 1. The molecule has 0 fully saturated rings. The van der Waals surface area contributed by atoms with Gasteiger partial charge in [0.05, 0.1) is 16.0 Å². The third kappa shape index (κ3) is 4.15. The molecule has 0 unspecified atom stereocenters. The third-order valence-electron chi connectivity index (χ3n) is 3.61. The number of hydrogen-bond donors (Lipinski definition) is 1. The molecule has 8 heteroatoms. The number of para-hydroxylation sites is 1. The average molecular weight is 375 g/mol. The molecule has 3 aromatic rings. The van der Waals surface area contributed by atoms with Crippen molar-refractivity contribution in [1.82, 2.24) is 9.99 Å². The van der Waals surface area contributed by atoms with Gasteiger partial charge in [0.25, 0.3) is 5.91 Å². The summed E-state index contributed by atoms with van der Waals surface area (Å²) in [7, 11) is -1.20. The fraction of sp³-hybridized carbons (Fsp3) is 0.176. The Bertz CT molecular complexity index is 1090. The van der Waals surface area contributed by atoms with E-state index < -0.39 is 9.84 Å². The monoisotopic (exact) mass is 375 g/mol. The lowest BCUT2D eigenvalue weighted by Gasteiger charge is -2.02. The van der Waals surface area contributed by atoms with Gasteiger partial charge >= 0.3 is 0 Å². The molecule has 25 heavy (non-hydrogen) atoms. The highest BCUT2D eigenvalue weighted by atomic mass is 32.2. The number of nitrogens with zero attached hydrogens (tertiary/aromatic N) is 2. The lowest BCUT2D eigenvalue weighted by atomic mass is 10.1. The molecule has 0 saturated carbocycles. The van der Waals surface area contributed by atoms with Crippen molar-refractivity contribution in [3.05, 3.63) is 64.5 Å². The van der Waals surface area contributed by atoms with Crippen LogP contribution in [0, 0.1) is 0 Å². The van der Waals surface area contributed by atoms with Gasteiger partial charge in [0.15, 0.2) is 9.84 Å². The molecule has 0 aliphatic carbocycles. The number of hydrogen-bond acceptors (Lipinski definition) is 5. The summed E-state index contributed by atoms with van der Waals surface area (Å²) >= 11 is 1.48. The highest BCUT2D eigenvalue weighted by Gasteiger charge is 2.08. The van der Waals surface area contributed by atoms with Crippen molar-refractivity contribution < 1.29 is 13.2 Å². The highest BCUT2D eigenvalue weighted by Crippen LogP contribution is 2.15. The Morgan fingerprint density at radius 2 is 1.84 bits per heavy atom. The van der Waals surface area contributed by atoms with E-state index in [-0.39, 0.29) is 11.7 Å². The Balaban J connectivity index is 1.78. The topological polar surface area (TPSA) is 80.5 Å². The van der Waals surface area contributed by atoms with Crippen molar-refractivity contribution in [1.29, 1.82) is 0 Å². The van der Waals surface area contributed by atoms with Crippen LogP contribution in [0.25, 0.3) is 10.2 Å². The minimum Gasteiger partial charge on any atom is -0.318 e. The Labute approximate surface area is 149 Å². The predicted octanol–water partition coefficient (Wildman–Crippen LogP) is 2.03. The van der Waals surface area contributed by atoms with Crippen molar-refractivity contribution in [3.8, 4) is 0 Å². The molecule has 1 aromatic heterocycles. The maximum absolute atomic E-state index is 12.2. The lowest BCUT2D eigenvalue weighted by Crippen LogP contribution is -2.23. The molecule has 0 aliphatic heterocycles. The zero-order valence-electron chi connectivity index (χ0n) is 13.8. The van der Waals surface area contributed by atoms with Crippen molar-refractivity contribution in [3.63, 3.8) is 0 Å². The van der Waals surface area contributed by atoms with Gasteiger partial charge in [-0.05, 0) is 29.8 Å². The van der Waals surface area contributed by atoms with Crippen molar-refractivity contribution >= 4 is 37.3 Å². The molecule has 1 N–H and O–H groups in total. The molecule has 0 aliphatic rings. The summed E-state index contributed by atoms with van der Waals surface area (Å²) in [5, 5.41) is 4.19. The molecule has 0 radical (unpaired) electrons. The number of carbonyl (C=O) groups is 1. The van der Waals surface area contributed by atoms with E-state index in [9.17, 15) is 13.2 Å². The molecule has 0 bridgehead atoms. The fourth-order valence-electron chi connectivity index (χ4n) is 2.41. The van der Waals surface area contributed by atoms with Gasteiger partial charge in [-0.1, -0.05) is 35.6 Å². The summed E-state index contributed by atoms with van der Waals surface area (Å²) in [5.41, 5.74) is 4.66. The zero-order valence-corrected chi connectivity index (χ0v) is 15.4. The Morgan fingerprint density at radius 1 is 1.16 bits per heavy atom. The van der Waals surface area contributed by atoms with Crippen LogP contribution in [-0.4, -0.2) is 25.1 Å². The Morgan fingerprint density at radius 3 is 2.48 bits per heavy atom. The van der Waals surface area contributed by atoms with Crippen LogP contribution in [0.2, 0.25) is 0 Å². The summed E-state index contributed by atoms with van der Waals surface area (Å²) in [6, 6.07) is 14.4. The van der Waals surface area contributed by atoms with Gasteiger partial charge in [0, 0.05) is 18.9 Å². The van der Waals surface area contributed by atoms with E-state index in [0.29, 0.717) is 15.9 Å². The van der Waals surface area contributed by atoms with Gasteiger partial charge in [-0.2, -0.15) is 0 Å². The van der Waals surface area contributed by atoms with Gasteiger partial charge in [-0.25, -0.2) is 13.8 Å². The lowest BCUT2D eigenvalue weighted by molar-refractivity contribution is 0.0953. The van der Waals surface area contributed by atoms with Crippen LogP contribution < -0.4 is 10.2 Å². The quantitative estimate of drug-likeness (QED) is 0.709. The molecular weight excluding hydrogens is 358 g/mol. The maximum atomic E-state index is 12.2. The molecule has 130 valence electrons. The van der Waals surface area contributed by atoms with Gasteiger partial charge in [-0.3, -0.25) is 4.79 Å². The Kier molecular flexibility index (Phi) is 4.73. The molecule has 0 saturated heterocycles. The summed E-state index contributed by atoms with van der Waals surface area (Å²) in [6.45, 7) is 0. The first-order valence-electron chi connectivity index (χ1n) is 7.49. The number of nitrogens with one attached hydrogen (secondary N) is 1. The van der Waals surface area contributed by atoms with Crippen LogP contribution in [-0.2, 0) is 22.6 Å². The van der Waals surface area contributed by atoms with E-state index in [2.05, 4.69) is 10.5 Å². The first kappa shape index (κ1) is 17.4. The highest BCUT2D eigenvalue weighted by molar-refractivity contribution is 7.89. The number of fused-ring (bicyclic) bond motifs is 1. The van der Waals surface area contributed by atoms with Gasteiger partial charge < -0.3 is 4.57 Å². The van der Waals surface area contributed by atoms with Gasteiger partial charge in [0.1, 0.15) is 0 Å². The molecule has 2 aromatic carbocycles. The second-order valence-corrected chi connectivity index (χ2v) is 8.88. The van der Waals surface area contributed by atoms with Gasteiger partial charge in [0.2, 0.25) is 4.80 Å². The molecule has 1 heterocycles. The first-order chi connectivity index (χ1) is 11.8. The number of rotatable bonds is 4. The van der Waals surface area contributed by atoms with Crippen molar-refractivity contribution in [2.24, 2.45) is 12.1 Å². The second kappa shape index (κ2) is 6.81. The molecular formula is C17H17N3O3S2. The van der Waals surface area contributed by atoms with E-state index in [1.165, 1.54) is 17.6 Å². The van der Waals surface area contributed by atoms with Gasteiger partial charge in [-0.15, -0.1) is 5.10 Å². The minimum atomic E-state index is -3.09. The summed E-state index contributed by atoms with van der Waals surface area (Å²) in [4.78, 5) is 12.9.